The van der Waals surface area contributed by atoms with Crippen molar-refractivity contribution in [2.24, 2.45) is 0 Å². The van der Waals surface area contributed by atoms with Gasteiger partial charge in [0.1, 0.15) is 11.3 Å². The summed E-state index contributed by atoms with van der Waals surface area (Å²) in [5.41, 5.74) is 1.20. The molecule has 2 rings (SSSR count). The smallest absolute Gasteiger partial charge is 0.336 e. The molecule has 2 aromatic rings. The molecule has 0 aliphatic heterocycles. The molecule has 0 radical (unpaired) electrons. The second-order valence-electron chi connectivity index (χ2n) is 5.32. The van der Waals surface area contributed by atoms with E-state index < -0.39 is 0 Å². The summed E-state index contributed by atoms with van der Waals surface area (Å²) in [5, 5.41) is 0.953. The fourth-order valence-corrected chi connectivity index (χ4v) is 2.51. The molecule has 1 heterocycles. The number of quaternary nitrogens is 1. The van der Waals surface area contributed by atoms with Gasteiger partial charge in [-0.2, -0.15) is 0 Å². The van der Waals surface area contributed by atoms with Crippen LogP contribution in [0, 0.1) is 6.92 Å². The van der Waals surface area contributed by atoms with E-state index in [4.69, 9.17) is 9.15 Å². The van der Waals surface area contributed by atoms with Crippen LogP contribution in [0.1, 0.15) is 25.8 Å². The Kier molecular flexibility index (Phi) is 5.39. The van der Waals surface area contributed by atoms with Gasteiger partial charge in [0, 0.05) is 23.9 Å². The van der Waals surface area contributed by atoms with Crippen molar-refractivity contribution in [3.8, 4) is 5.75 Å². The number of rotatable bonds is 7. The molecule has 114 valence electrons. The molecule has 1 aromatic carbocycles. The third-order valence-corrected chi connectivity index (χ3v) is 3.87. The Morgan fingerprint density at radius 1 is 1.19 bits per heavy atom. The van der Waals surface area contributed by atoms with Crippen LogP contribution in [0.4, 0.5) is 0 Å². The lowest BCUT2D eigenvalue weighted by molar-refractivity contribution is -0.896. The van der Waals surface area contributed by atoms with Gasteiger partial charge in [-0.05, 0) is 38.5 Å². The van der Waals surface area contributed by atoms with Gasteiger partial charge in [0.15, 0.2) is 0 Å². The second kappa shape index (κ2) is 7.27. The highest BCUT2D eigenvalue weighted by molar-refractivity contribution is 5.81. The van der Waals surface area contributed by atoms with Crippen molar-refractivity contribution < 1.29 is 14.1 Å². The Morgan fingerprint density at radius 2 is 1.95 bits per heavy atom. The molecule has 0 bridgehead atoms. The van der Waals surface area contributed by atoms with Crippen molar-refractivity contribution >= 4 is 11.0 Å². The second-order valence-corrected chi connectivity index (χ2v) is 5.32. The van der Waals surface area contributed by atoms with Crippen LogP contribution in [0.3, 0.4) is 0 Å². The summed E-state index contributed by atoms with van der Waals surface area (Å²) in [5.74, 6) is 0.755. The maximum atomic E-state index is 11.4. The summed E-state index contributed by atoms with van der Waals surface area (Å²) in [6, 6.07) is 7.18. The quantitative estimate of drug-likeness (QED) is 0.624. The molecule has 0 atom stereocenters. The summed E-state index contributed by atoms with van der Waals surface area (Å²) in [6.07, 6.45) is 1.02. The maximum Gasteiger partial charge on any atom is 0.336 e. The van der Waals surface area contributed by atoms with Crippen LogP contribution in [0.25, 0.3) is 11.0 Å². The van der Waals surface area contributed by atoms with E-state index in [0.717, 1.165) is 42.8 Å². The fraction of sp³-hybridized carbons (Fsp3) is 0.471. The third kappa shape index (κ3) is 4.08. The van der Waals surface area contributed by atoms with Gasteiger partial charge in [0.25, 0.3) is 0 Å². The van der Waals surface area contributed by atoms with Gasteiger partial charge in [-0.25, -0.2) is 4.79 Å². The summed E-state index contributed by atoms with van der Waals surface area (Å²) < 4.78 is 11.0. The van der Waals surface area contributed by atoms with E-state index in [2.05, 4.69) is 13.8 Å². The lowest BCUT2D eigenvalue weighted by Crippen LogP contribution is -3.11. The lowest BCUT2D eigenvalue weighted by Gasteiger charge is -2.15. The van der Waals surface area contributed by atoms with E-state index in [1.807, 2.05) is 19.1 Å². The minimum atomic E-state index is -0.317. The highest BCUT2D eigenvalue weighted by atomic mass is 16.5. The van der Waals surface area contributed by atoms with Crippen molar-refractivity contribution in [1.29, 1.82) is 0 Å². The van der Waals surface area contributed by atoms with Crippen molar-refractivity contribution in [2.75, 3.05) is 26.2 Å². The number of fused-ring (bicyclic) bond motifs is 1. The number of hydrogen-bond donors (Lipinski definition) is 1. The Morgan fingerprint density at radius 3 is 2.67 bits per heavy atom. The molecular weight excluding hydrogens is 266 g/mol. The third-order valence-electron chi connectivity index (χ3n) is 3.87. The number of benzene rings is 1. The maximum absolute atomic E-state index is 11.4. The van der Waals surface area contributed by atoms with Crippen molar-refractivity contribution in [1.82, 2.24) is 0 Å². The summed E-state index contributed by atoms with van der Waals surface area (Å²) >= 11 is 0. The Hall–Kier alpha value is -1.81. The minimum Gasteiger partial charge on any atom is -0.493 e. The number of hydrogen-bond acceptors (Lipinski definition) is 3. The van der Waals surface area contributed by atoms with E-state index >= 15 is 0 Å². The minimum absolute atomic E-state index is 0.317. The Labute approximate surface area is 125 Å². The molecule has 0 saturated heterocycles. The molecule has 0 aliphatic rings. The predicted octanol–water partition coefficient (Wildman–Crippen LogP) is 1.80. The van der Waals surface area contributed by atoms with Crippen LogP contribution in [0.2, 0.25) is 0 Å². The summed E-state index contributed by atoms with van der Waals surface area (Å²) in [7, 11) is 0. The first-order valence-electron chi connectivity index (χ1n) is 7.65. The van der Waals surface area contributed by atoms with Crippen molar-refractivity contribution in [3.05, 3.63) is 40.2 Å². The number of aryl methyl sites for hydroxylation is 1. The largest absolute Gasteiger partial charge is 0.493 e. The van der Waals surface area contributed by atoms with Crippen LogP contribution in [0.15, 0.2) is 33.5 Å². The molecule has 0 amide bonds. The summed E-state index contributed by atoms with van der Waals surface area (Å²) in [4.78, 5) is 13.0. The van der Waals surface area contributed by atoms with Crippen molar-refractivity contribution in [2.45, 2.75) is 27.2 Å². The Balaban J connectivity index is 1.98. The average Bonchev–Trinajstić information content (AvgIpc) is 2.47. The average molecular weight is 290 g/mol. The number of ether oxygens (including phenoxy) is 1. The van der Waals surface area contributed by atoms with Gasteiger partial charge < -0.3 is 14.1 Å². The molecule has 0 spiro atoms. The van der Waals surface area contributed by atoms with E-state index in [9.17, 15) is 4.79 Å². The van der Waals surface area contributed by atoms with E-state index in [0.29, 0.717) is 12.2 Å². The van der Waals surface area contributed by atoms with Gasteiger partial charge >= 0.3 is 5.63 Å². The zero-order chi connectivity index (χ0) is 15.2. The Bertz CT molecular complexity index is 644. The molecule has 0 aliphatic carbocycles. The molecule has 1 N–H and O–H groups in total. The van der Waals surface area contributed by atoms with Crippen LogP contribution >= 0.6 is 0 Å². The molecule has 1 aromatic heterocycles. The highest BCUT2D eigenvalue weighted by Crippen LogP contribution is 2.22. The standard InChI is InChI=1S/C17H23NO3/c1-4-18(5-2)9-6-10-20-14-7-8-15-13(3)11-17(19)21-16(15)12-14/h7-8,11-12H,4-6,9-10H2,1-3H3/p+1. The molecule has 0 saturated carbocycles. The van der Waals surface area contributed by atoms with Gasteiger partial charge in [-0.1, -0.05) is 0 Å². The number of nitrogens with one attached hydrogen (secondary N) is 1. The predicted molar refractivity (Wildman–Crippen MR) is 84.2 cm³/mol. The normalized spacial score (nSPS) is 11.2. The molecule has 21 heavy (non-hydrogen) atoms. The van der Waals surface area contributed by atoms with E-state index in [1.165, 1.54) is 6.07 Å². The van der Waals surface area contributed by atoms with Crippen LogP contribution < -0.4 is 15.3 Å². The molecule has 0 fully saturated rings. The first-order valence-corrected chi connectivity index (χ1v) is 7.65. The first kappa shape index (κ1) is 15.6. The van der Waals surface area contributed by atoms with Gasteiger partial charge in [-0.3, -0.25) is 0 Å². The lowest BCUT2D eigenvalue weighted by atomic mass is 10.1. The van der Waals surface area contributed by atoms with Crippen molar-refractivity contribution in [3.63, 3.8) is 0 Å². The molecular formula is C17H24NO3+. The van der Waals surface area contributed by atoms with Crippen LogP contribution in [0.5, 0.6) is 5.75 Å². The zero-order valence-electron chi connectivity index (χ0n) is 13.1. The van der Waals surface area contributed by atoms with E-state index in [-0.39, 0.29) is 5.63 Å². The van der Waals surface area contributed by atoms with E-state index in [1.54, 1.807) is 11.0 Å². The van der Waals surface area contributed by atoms with Crippen LogP contribution in [-0.4, -0.2) is 26.2 Å². The highest BCUT2D eigenvalue weighted by Gasteiger charge is 2.05. The van der Waals surface area contributed by atoms with Crippen LogP contribution in [-0.2, 0) is 0 Å². The van der Waals surface area contributed by atoms with Gasteiger partial charge in [-0.15, -0.1) is 0 Å². The fourth-order valence-electron chi connectivity index (χ4n) is 2.51. The molecule has 4 nitrogen and oxygen atoms in total. The molecule has 4 heteroatoms. The van der Waals surface area contributed by atoms with Gasteiger partial charge in [0.05, 0.1) is 26.2 Å². The topological polar surface area (TPSA) is 43.9 Å². The van der Waals surface area contributed by atoms with Gasteiger partial charge in [0.2, 0.25) is 0 Å². The summed E-state index contributed by atoms with van der Waals surface area (Å²) in [6.45, 7) is 10.4. The zero-order valence-corrected chi connectivity index (χ0v) is 13.1. The SMILES string of the molecule is CC[NH+](CC)CCCOc1ccc2c(C)cc(=O)oc2c1. The monoisotopic (exact) mass is 290 g/mol. The molecule has 0 unspecified atom stereocenters. The first-order chi connectivity index (χ1) is 10.1.